The smallest absolute Gasteiger partial charge is 0.179 e. The van der Waals surface area contributed by atoms with Gasteiger partial charge in [-0.25, -0.2) is 0 Å². The van der Waals surface area contributed by atoms with Gasteiger partial charge in [-0.15, -0.1) is 0 Å². The number of hydrogen-bond acceptors (Lipinski definition) is 2. The van der Waals surface area contributed by atoms with Crippen molar-refractivity contribution in [2.24, 2.45) is 0 Å². The lowest BCUT2D eigenvalue weighted by Gasteiger charge is -2.10. The van der Waals surface area contributed by atoms with Crippen LogP contribution >= 0.6 is 11.6 Å². The van der Waals surface area contributed by atoms with Crippen LogP contribution in [0.3, 0.4) is 0 Å². The third-order valence-electron chi connectivity index (χ3n) is 2.00. The molecule has 0 saturated heterocycles. The van der Waals surface area contributed by atoms with Gasteiger partial charge in [0.15, 0.2) is 11.5 Å². The van der Waals surface area contributed by atoms with Crippen LogP contribution in [0.2, 0.25) is 5.02 Å². The lowest BCUT2D eigenvalue weighted by Crippen LogP contribution is -1.92. The van der Waals surface area contributed by atoms with Gasteiger partial charge in [-0.2, -0.15) is 0 Å². The fraction of sp³-hybridized carbons (Fsp3) is 0.333. The van der Waals surface area contributed by atoms with Gasteiger partial charge >= 0.3 is 0 Å². The number of hydrogen-bond donors (Lipinski definition) is 0. The lowest BCUT2D eigenvalue weighted by atomic mass is 10.2. The molecule has 1 aromatic rings. The number of ether oxygens (including phenoxy) is 2. The van der Waals surface area contributed by atoms with E-state index < -0.39 is 0 Å². The molecule has 3 heteroatoms. The second-order valence-corrected chi connectivity index (χ2v) is 3.46. The summed E-state index contributed by atoms with van der Waals surface area (Å²) in [6.45, 7) is 2.08. The summed E-state index contributed by atoms with van der Waals surface area (Å²) in [5.41, 5.74) is 1.01. The van der Waals surface area contributed by atoms with Crippen molar-refractivity contribution in [3.8, 4) is 11.5 Å². The summed E-state index contributed by atoms with van der Waals surface area (Å²) in [5.74, 6) is 1.23. The van der Waals surface area contributed by atoms with E-state index in [-0.39, 0.29) is 0 Å². The maximum atomic E-state index is 6.05. The van der Waals surface area contributed by atoms with Crippen molar-refractivity contribution >= 4 is 17.7 Å². The summed E-state index contributed by atoms with van der Waals surface area (Å²) >= 11 is 6.05. The van der Waals surface area contributed by atoms with E-state index >= 15 is 0 Å². The first-order valence-corrected chi connectivity index (χ1v) is 5.18. The molecule has 15 heavy (non-hydrogen) atoms. The average Bonchev–Trinajstić information content (AvgIpc) is 2.25. The second-order valence-electron chi connectivity index (χ2n) is 3.05. The Balaban J connectivity index is 3.13. The molecule has 0 spiro atoms. The van der Waals surface area contributed by atoms with Crippen molar-refractivity contribution in [3.63, 3.8) is 0 Å². The van der Waals surface area contributed by atoms with Crippen LogP contribution in [0.15, 0.2) is 18.2 Å². The van der Waals surface area contributed by atoms with E-state index in [0.29, 0.717) is 16.5 Å². The first-order valence-electron chi connectivity index (χ1n) is 4.81. The summed E-state index contributed by atoms with van der Waals surface area (Å²) in [6, 6.07) is 3.76. The van der Waals surface area contributed by atoms with E-state index in [1.165, 1.54) is 0 Å². The second kappa shape index (κ2) is 5.66. The van der Waals surface area contributed by atoms with E-state index in [4.69, 9.17) is 21.1 Å². The van der Waals surface area contributed by atoms with Crippen LogP contribution in [-0.2, 0) is 0 Å². The summed E-state index contributed by atoms with van der Waals surface area (Å²) in [7, 11) is 3.17. The summed E-state index contributed by atoms with van der Waals surface area (Å²) < 4.78 is 10.3. The van der Waals surface area contributed by atoms with Crippen LogP contribution in [0.25, 0.3) is 6.08 Å². The largest absolute Gasteiger partial charge is 0.493 e. The predicted octanol–water partition coefficient (Wildman–Crippen LogP) is 3.78. The van der Waals surface area contributed by atoms with Crippen molar-refractivity contribution in [1.82, 2.24) is 0 Å². The van der Waals surface area contributed by atoms with E-state index in [9.17, 15) is 0 Å². The Bertz CT molecular complexity index is 359. The van der Waals surface area contributed by atoms with Gasteiger partial charge in [0.25, 0.3) is 0 Å². The Hall–Kier alpha value is -1.15. The molecule has 0 aliphatic rings. The third-order valence-corrected chi connectivity index (χ3v) is 2.28. The van der Waals surface area contributed by atoms with Gasteiger partial charge in [0.2, 0.25) is 0 Å². The van der Waals surface area contributed by atoms with Crippen molar-refractivity contribution in [2.75, 3.05) is 14.2 Å². The van der Waals surface area contributed by atoms with Gasteiger partial charge in [0.05, 0.1) is 19.2 Å². The first-order chi connectivity index (χ1) is 7.22. The molecular weight excluding hydrogens is 212 g/mol. The molecule has 0 aliphatic carbocycles. The molecule has 0 radical (unpaired) electrons. The van der Waals surface area contributed by atoms with Crippen LogP contribution < -0.4 is 9.47 Å². The molecule has 0 unspecified atom stereocenters. The van der Waals surface area contributed by atoms with Gasteiger partial charge < -0.3 is 9.47 Å². The average molecular weight is 227 g/mol. The molecule has 0 aliphatic heterocycles. The number of allylic oxidation sites excluding steroid dienone is 1. The minimum absolute atomic E-state index is 0.563. The first kappa shape index (κ1) is 11.9. The maximum Gasteiger partial charge on any atom is 0.179 e. The molecule has 0 N–H and O–H groups in total. The number of rotatable bonds is 4. The molecule has 0 fully saturated rings. The zero-order chi connectivity index (χ0) is 11.3. The molecular formula is C12H15ClO2. The lowest BCUT2D eigenvalue weighted by molar-refractivity contribution is 0.355. The van der Waals surface area contributed by atoms with Crippen molar-refractivity contribution < 1.29 is 9.47 Å². The molecule has 1 aromatic carbocycles. The van der Waals surface area contributed by atoms with Gasteiger partial charge in [0.1, 0.15) is 0 Å². The summed E-state index contributed by atoms with van der Waals surface area (Å²) in [6.07, 6.45) is 5.07. The standard InChI is InChI=1S/C12H15ClO2/c1-4-5-6-9-7-10(13)12(15-3)11(8-9)14-2/h5-8H,4H2,1-3H3/b6-5-. The fourth-order valence-corrected chi connectivity index (χ4v) is 1.58. The maximum absolute atomic E-state index is 6.05. The Kier molecular flexibility index (Phi) is 4.50. The normalized spacial score (nSPS) is 10.7. The van der Waals surface area contributed by atoms with E-state index in [1.807, 2.05) is 18.2 Å². The highest BCUT2D eigenvalue weighted by molar-refractivity contribution is 6.32. The Morgan fingerprint density at radius 2 is 2.00 bits per heavy atom. The van der Waals surface area contributed by atoms with Crippen molar-refractivity contribution in [2.45, 2.75) is 13.3 Å². The van der Waals surface area contributed by atoms with Crippen LogP contribution in [0.1, 0.15) is 18.9 Å². The molecule has 1 rings (SSSR count). The highest BCUT2D eigenvalue weighted by atomic mass is 35.5. The fourth-order valence-electron chi connectivity index (χ4n) is 1.29. The number of benzene rings is 1. The third kappa shape index (κ3) is 2.90. The topological polar surface area (TPSA) is 18.5 Å². The molecule has 0 saturated carbocycles. The number of halogens is 1. The molecule has 82 valence electrons. The summed E-state index contributed by atoms with van der Waals surface area (Å²) in [4.78, 5) is 0. The van der Waals surface area contributed by atoms with Crippen molar-refractivity contribution in [1.29, 1.82) is 0 Å². The minimum Gasteiger partial charge on any atom is -0.493 e. The molecule has 0 heterocycles. The molecule has 0 atom stereocenters. The highest BCUT2D eigenvalue weighted by Gasteiger charge is 2.09. The van der Waals surface area contributed by atoms with E-state index in [0.717, 1.165) is 12.0 Å². The van der Waals surface area contributed by atoms with Gasteiger partial charge in [-0.3, -0.25) is 0 Å². The molecule has 2 nitrogen and oxygen atoms in total. The highest BCUT2D eigenvalue weighted by Crippen LogP contribution is 2.36. The monoisotopic (exact) mass is 226 g/mol. The van der Waals surface area contributed by atoms with Crippen LogP contribution in [0.5, 0.6) is 11.5 Å². The minimum atomic E-state index is 0.563. The Morgan fingerprint density at radius 1 is 1.27 bits per heavy atom. The molecule has 0 aromatic heterocycles. The Labute approximate surface area is 95.5 Å². The SMILES string of the molecule is CC/C=C\c1cc(Cl)c(OC)c(OC)c1. The van der Waals surface area contributed by atoms with Crippen molar-refractivity contribution in [3.05, 3.63) is 28.8 Å². The quantitative estimate of drug-likeness (QED) is 0.778. The molecule has 0 bridgehead atoms. The number of methoxy groups -OCH3 is 2. The summed E-state index contributed by atoms with van der Waals surface area (Å²) in [5, 5.41) is 0.563. The van der Waals surface area contributed by atoms with Crippen LogP contribution in [0, 0.1) is 0 Å². The zero-order valence-corrected chi connectivity index (χ0v) is 9.97. The van der Waals surface area contributed by atoms with Gasteiger partial charge in [0, 0.05) is 0 Å². The van der Waals surface area contributed by atoms with E-state index in [2.05, 4.69) is 13.0 Å². The van der Waals surface area contributed by atoms with Gasteiger partial charge in [-0.1, -0.05) is 30.7 Å². The zero-order valence-electron chi connectivity index (χ0n) is 9.21. The van der Waals surface area contributed by atoms with Crippen LogP contribution in [-0.4, -0.2) is 14.2 Å². The Morgan fingerprint density at radius 3 is 2.53 bits per heavy atom. The van der Waals surface area contributed by atoms with Gasteiger partial charge in [-0.05, 0) is 24.1 Å². The molecule has 0 amide bonds. The predicted molar refractivity (Wildman–Crippen MR) is 63.9 cm³/mol. The van der Waals surface area contributed by atoms with E-state index in [1.54, 1.807) is 14.2 Å². The van der Waals surface area contributed by atoms with Crippen LogP contribution in [0.4, 0.5) is 0 Å².